The Morgan fingerprint density at radius 3 is 2.90 bits per heavy atom. The van der Waals surface area contributed by atoms with Gasteiger partial charge in [0, 0.05) is 30.5 Å². The van der Waals surface area contributed by atoms with E-state index in [4.69, 9.17) is 22.1 Å². The summed E-state index contributed by atoms with van der Waals surface area (Å²) in [7, 11) is 1.35. The van der Waals surface area contributed by atoms with Crippen LogP contribution in [0.1, 0.15) is 23.0 Å². The predicted molar refractivity (Wildman–Crippen MR) is 80.2 cm³/mol. The van der Waals surface area contributed by atoms with Crippen LogP contribution in [0.2, 0.25) is 5.28 Å². The van der Waals surface area contributed by atoms with Crippen molar-refractivity contribution in [2.45, 2.75) is 26.4 Å². The molecular weight excluding hydrogens is 292 g/mol. The van der Waals surface area contributed by atoms with Gasteiger partial charge in [0.15, 0.2) is 0 Å². The first-order valence-electron chi connectivity index (χ1n) is 6.46. The molecule has 0 aliphatic heterocycles. The third-order valence-electron chi connectivity index (χ3n) is 2.99. The van der Waals surface area contributed by atoms with Gasteiger partial charge in [0.1, 0.15) is 5.69 Å². The maximum Gasteiger partial charge on any atom is 0.354 e. The molecule has 2 N–H and O–H groups in total. The van der Waals surface area contributed by atoms with Crippen LogP contribution in [0.15, 0.2) is 18.5 Å². The molecule has 0 aliphatic rings. The Hall–Kier alpha value is -1.92. The zero-order valence-electron chi connectivity index (χ0n) is 12.1. The molecule has 0 fully saturated rings. The molecule has 6 nitrogen and oxygen atoms in total. The lowest BCUT2D eigenvalue weighted by atomic mass is 10.1. The Balaban J connectivity index is 2.52. The van der Waals surface area contributed by atoms with Crippen molar-refractivity contribution in [3.63, 3.8) is 0 Å². The molecule has 0 bridgehead atoms. The Morgan fingerprint density at radius 2 is 2.29 bits per heavy atom. The Bertz CT molecular complexity index is 667. The van der Waals surface area contributed by atoms with Crippen molar-refractivity contribution in [3.8, 4) is 11.3 Å². The number of hydrogen-bond acceptors (Lipinski definition) is 5. The zero-order valence-corrected chi connectivity index (χ0v) is 12.9. The number of nitrogens with two attached hydrogens (primary N) is 1. The Labute approximate surface area is 127 Å². The van der Waals surface area contributed by atoms with Gasteiger partial charge in [0.2, 0.25) is 5.28 Å². The fraction of sp³-hybridized carbons (Fsp3) is 0.357. The number of nitrogens with zero attached hydrogens (tertiary/aromatic N) is 3. The van der Waals surface area contributed by atoms with Gasteiger partial charge in [0.05, 0.1) is 12.8 Å². The first-order valence-corrected chi connectivity index (χ1v) is 6.83. The average Bonchev–Trinajstić information content (AvgIpc) is 2.83. The lowest BCUT2D eigenvalue weighted by molar-refractivity contribution is 0.0588. The number of esters is 1. The van der Waals surface area contributed by atoms with Crippen LogP contribution >= 0.6 is 11.6 Å². The summed E-state index contributed by atoms with van der Waals surface area (Å²) in [4.78, 5) is 20.0. The molecule has 0 aliphatic carbocycles. The van der Waals surface area contributed by atoms with Gasteiger partial charge >= 0.3 is 5.97 Å². The third kappa shape index (κ3) is 3.40. The molecule has 1 atom stereocenters. The van der Waals surface area contributed by atoms with E-state index in [0.29, 0.717) is 17.9 Å². The highest BCUT2D eigenvalue weighted by atomic mass is 35.5. The van der Waals surface area contributed by atoms with Crippen LogP contribution in [0, 0.1) is 6.92 Å². The molecule has 112 valence electrons. The van der Waals surface area contributed by atoms with Crippen molar-refractivity contribution < 1.29 is 9.53 Å². The lowest BCUT2D eigenvalue weighted by Gasteiger charge is -2.09. The van der Waals surface area contributed by atoms with E-state index in [-0.39, 0.29) is 11.3 Å². The SMILES string of the molecule is COC(=O)c1cc(-c2nc(Cl)ncc2C)cn1CC(C)N. The summed E-state index contributed by atoms with van der Waals surface area (Å²) in [6, 6.07) is 1.63. The van der Waals surface area contributed by atoms with Gasteiger partial charge in [-0.3, -0.25) is 0 Å². The monoisotopic (exact) mass is 308 g/mol. The van der Waals surface area contributed by atoms with Gasteiger partial charge in [-0.25, -0.2) is 14.8 Å². The number of rotatable bonds is 4. The minimum atomic E-state index is -0.417. The smallest absolute Gasteiger partial charge is 0.354 e. The largest absolute Gasteiger partial charge is 0.464 e. The van der Waals surface area contributed by atoms with Crippen LogP contribution in [0.25, 0.3) is 11.3 Å². The van der Waals surface area contributed by atoms with Crippen LogP contribution in [0.5, 0.6) is 0 Å². The lowest BCUT2D eigenvalue weighted by Crippen LogP contribution is -2.24. The topological polar surface area (TPSA) is 83.0 Å². The predicted octanol–water partition coefficient (Wildman–Crippen LogP) is 2.04. The molecule has 0 amide bonds. The first kappa shape index (κ1) is 15.5. The number of methoxy groups -OCH3 is 1. The van der Waals surface area contributed by atoms with E-state index in [2.05, 4.69) is 9.97 Å². The third-order valence-corrected chi connectivity index (χ3v) is 3.17. The van der Waals surface area contributed by atoms with Gasteiger partial charge in [0.25, 0.3) is 0 Å². The quantitative estimate of drug-likeness (QED) is 0.690. The number of ether oxygens (including phenoxy) is 1. The minimum Gasteiger partial charge on any atom is -0.464 e. The van der Waals surface area contributed by atoms with Gasteiger partial charge in [-0.05, 0) is 37.1 Å². The van der Waals surface area contributed by atoms with Crippen molar-refractivity contribution in [2.24, 2.45) is 5.73 Å². The van der Waals surface area contributed by atoms with E-state index in [1.165, 1.54) is 7.11 Å². The Kier molecular flexibility index (Phi) is 4.59. The fourth-order valence-corrected chi connectivity index (χ4v) is 2.22. The second-order valence-electron chi connectivity index (χ2n) is 4.91. The van der Waals surface area contributed by atoms with Crippen LogP contribution in [0.3, 0.4) is 0 Å². The van der Waals surface area contributed by atoms with Gasteiger partial charge < -0.3 is 15.0 Å². The van der Waals surface area contributed by atoms with E-state index in [0.717, 1.165) is 11.1 Å². The van der Waals surface area contributed by atoms with E-state index in [9.17, 15) is 4.79 Å². The number of halogens is 1. The second kappa shape index (κ2) is 6.24. The molecule has 0 aromatic carbocycles. The number of carbonyl (C=O) groups is 1. The van der Waals surface area contributed by atoms with Crippen LogP contribution in [-0.4, -0.2) is 33.7 Å². The summed E-state index contributed by atoms with van der Waals surface area (Å²) in [5.41, 5.74) is 8.58. The number of aromatic nitrogens is 3. The summed E-state index contributed by atoms with van der Waals surface area (Å²) in [6.07, 6.45) is 3.46. The standard InChI is InChI=1S/C14H17ClN4O2/c1-8-5-17-14(15)18-12(8)10-4-11(13(20)21-3)19(7-10)6-9(2)16/h4-5,7,9H,6,16H2,1-3H3. The zero-order chi connectivity index (χ0) is 15.6. The van der Waals surface area contributed by atoms with Crippen LogP contribution in [0.4, 0.5) is 0 Å². The number of carbonyl (C=O) groups excluding carboxylic acids is 1. The number of hydrogen-bond donors (Lipinski definition) is 1. The van der Waals surface area contributed by atoms with E-state index in [1.54, 1.807) is 16.8 Å². The highest BCUT2D eigenvalue weighted by Crippen LogP contribution is 2.25. The van der Waals surface area contributed by atoms with E-state index < -0.39 is 5.97 Å². The van der Waals surface area contributed by atoms with Crippen molar-refractivity contribution in [2.75, 3.05) is 7.11 Å². The summed E-state index contributed by atoms with van der Waals surface area (Å²) < 4.78 is 6.57. The molecule has 2 aromatic rings. The van der Waals surface area contributed by atoms with Crippen LogP contribution < -0.4 is 5.73 Å². The van der Waals surface area contributed by atoms with Crippen molar-refractivity contribution in [3.05, 3.63) is 35.0 Å². The molecule has 7 heteroatoms. The van der Waals surface area contributed by atoms with E-state index >= 15 is 0 Å². The average molecular weight is 309 g/mol. The van der Waals surface area contributed by atoms with E-state index in [1.807, 2.05) is 20.0 Å². The molecule has 0 saturated heterocycles. The summed E-state index contributed by atoms with van der Waals surface area (Å²) in [5, 5.41) is 0.162. The highest BCUT2D eigenvalue weighted by Gasteiger charge is 2.17. The second-order valence-corrected chi connectivity index (χ2v) is 5.24. The van der Waals surface area contributed by atoms with Gasteiger partial charge in [-0.1, -0.05) is 0 Å². The summed E-state index contributed by atoms with van der Waals surface area (Å²) in [5.74, 6) is -0.417. The molecule has 0 spiro atoms. The maximum absolute atomic E-state index is 11.9. The maximum atomic E-state index is 11.9. The first-order chi connectivity index (χ1) is 9.92. The molecule has 21 heavy (non-hydrogen) atoms. The molecule has 0 radical (unpaired) electrons. The van der Waals surface area contributed by atoms with Crippen LogP contribution in [-0.2, 0) is 11.3 Å². The minimum absolute atomic E-state index is 0.0938. The molecule has 0 saturated carbocycles. The molecule has 2 heterocycles. The molecule has 2 rings (SSSR count). The molecular formula is C14H17ClN4O2. The Morgan fingerprint density at radius 1 is 1.57 bits per heavy atom. The van der Waals surface area contributed by atoms with Crippen molar-refractivity contribution in [1.29, 1.82) is 0 Å². The fourth-order valence-electron chi connectivity index (χ4n) is 2.09. The number of aryl methyl sites for hydroxylation is 1. The highest BCUT2D eigenvalue weighted by molar-refractivity contribution is 6.28. The van der Waals surface area contributed by atoms with Gasteiger partial charge in [-0.15, -0.1) is 0 Å². The normalized spacial score (nSPS) is 12.2. The van der Waals surface area contributed by atoms with Crippen molar-refractivity contribution >= 4 is 17.6 Å². The summed E-state index contributed by atoms with van der Waals surface area (Å²) in [6.45, 7) is 4.25. The summed E-state index contributed by atoms with van der Waals surface area (Å²) >= 11 is 5.85. The van der Waals surface area contributed by atoms with Gasteiger partial charge in [-0.2, -0.15) is 0 Å². The molecule has 2 aromatic heterocycles. The molecule has 1 unspecified atom stereocenters. The van der Waals surface area contributed by atoms with Crippen molar-refractivity contribution in [1.82, 2.24) is 14.5 Å².